The second-order valence-electron chi connectivity index (χ2n) is 7.82. The van der Waals surface area contributed by atoms with Crippen molar-refractivity contribution in [3.63, 3.8) is 0 Å². The van der Waals surface area contributed by atoms with E-state index in [9.17, 15) is 9.59 Å². The number of carbonyl (C=O) groups excluding carboxylic acids is 1. The Hall–Kier alpha value is -4.64. The van der Waals surface area contributed by atoms with Crippen LogP contribution in [0, 0.1) is 6.92 Å². The minimum Gasteiger partial charge on any atom is -0.460 e. The molecule has 0 aliphatic carbocycles. The zero-order valence-corrected chi connectivity index (χ0v) is 18.4. The topological polar surface area (TPSA) is 65.7 Å². The van der Waals surface area contributed by atoms with E-state index >= 15 is 0 Å². The highest BCUT2D eigenvalue weighted by molar-refractivity contribution is 5.95. The lowest BCUT2D eigenvalue weighted by molar-refractivity contribution is -0.128. The van der Waals surface area contributed by atoms with E-state index in [1.54, 1.807) is 30.3 Å². The molecule has 0 unspecified atom stereocenters. The van der Waals surface area contributed by atoms with E-state index < -0.39 is 5.97 Å². The Kier molecular flexibility index (Phi) is 5.67. The van der Waals surface area contributed by atoms with Gasteiger partial charge in [0, 0.05) is 12.1 Å². The Labute approximate surface area is 195 Å². The number of fused-ring (bicyclic) bond motifs is 2. The van der Waals surface area contributed by atoms with Crippen LogP contribution in [0.2, 0.25) is 0 Å². The van der Waals surface area contributed by atoms with E-state index in [4.69, 9.17) is 13.9 Å². The number of carbonyl (C=O) groups is 1. The third-order valence-electron chi connectivity index (χ3n) is 5.40. The maximum atomic E-state index is 12.8. The molecule has 4 aromatic carbocycles. The first-order valence-corrected chi connectivity index (χ1v) is 10.7. The summed E-state index contributed by atoms with van der Waals surface area (Å²) >= 11 is 0. The lowest BCUT2D eigenvalue weighted by Gasteiger charge is -2.07. The fourth-order valence-corrected chi connectivity index (χ4v) is 3.66. The molecule has 0 aliphatic heterocycles. The molecule has 0 fully saturated rings. The normalized spacial score (nSPS) is 11.2. The van der Waals surface area contributed by atoms with E-state index in [1.165, 1.54) is 18.4 Å². The van der Waals surface area contributed by atoms with Gasteiger partial charge in [0.2, 0.25) is 11.2 Å². The van der Waals surface area contributed by atoms with Gasteiger partial charge in [-0.3, -0.25) is 4.79 Å². The van der Waals surface area contributed by atoms with Gasteiger partial charge in [-0.15, -0.1) is 0 Å². The number of hydrogen-bond acceptors (Lipinski definition) is 5. The third kappa shape index (κ3) is 4.45. The molecule has 0 amide bonds. The largest absolute Gasteiger partial charge is 0.460 e. The van der Waals surface area contributed by atoms with Crippen LogP contribution in [0.3, 0.4) is 0 Å². The van der Waals surface area contributed by atoms with Gasteiger partial charge in [0.25, 0.3) is 0 Å². The van der Waals surface area contributed by atoms with Crippen LogP contribution >= 0.6 is 0 Å². The van der Waals surface area contributed by atoms with Crippen LogP contribution in [0.15, 0.2) is 106 Å². The van der Waals surface area contributed by atoms with Crippen molar-refractivity contribution in [3.8, 4) is 17.2 Å². The summed E-state index contributed by atoms with van der Waals surface area (Å²) in [5.41, 5.74) is 1.99. The molecule has 0 N–H and O–H groups in total. The van der Waals surface area contributed by atoms with Gasteiger partial charge in [-0.25, -0.2) is 4.79 Å². The number of aryl methyl sites for hydroxylation is 1. The third-order valence-corrected chi connectivity index (χ3v) is 5.40. The molecule has 0 radical (unpaired) electrons. The van der Waals surface area contributed by atoms with Crippen molar-refractivity contribution in [2.24, 2.45) is 0 Å². The molecule has 1 heterocycles. The van der Waals surface area contributed by atoms with Crippen molar-refractivity contribution in [1.29, 1.82) is 0 Å². The summed E-state index contributed by atoms with van der Waals surface area (Å²) in [5.74, 6) is 0.365. The average Bonchev–Trinajstić information content (AvgIpc) is 2.86. The molecule has 0 bridgehead atoms. The first-order chi connectivity index (χ1) is 16.6. The summed E-state index contributed by atoms with van der Waals surface area (Å²) in [4.78, 5) is 25.2. The number of esters is 1. The highest BCUT2D eigenvalue weighted by atomic mass is 16.5. The first kappa shape index (κ1) is 21.2. The fourth-order valence-electron chi connectivity index (χ4n) is 3.66. The van der Waals surface area contributed by atoms with Crippen molar-refractivity contribution >= 4 is 33.8 Å². The number of hydrogen-bond donors (Lipinski definition) is 0. The Morgan fingerprint density at radius 1 is 0.853 bits per heavy atom. The molecule has 0 saturated heterocycles. The molecule has 0 aliphatic rings. The van der Waals surface area contributed by atoms with Gasteiger partial charge in [0.15, 0.2) is 0 Å². The van der Waals surface area contributed by atoms with Crippen molar-refractivity contribution in [3.05, 3.63) is 119 Å². The Balaban J connectivity index is 1.34. The van der Waals surface area contributed by atoms with Crippen molar-refractivity contribution in [2.45, 2.75) is 6.92 Å². The molecular weight excluding hydrogens is 428 g/mol. The number of rotatable bonds is 5. The number of ether oxygens (including phenoxy) is 2. The van der Waals surface area contributed by atoms with Crippen LogP contribution in [0.25, 0.3) is 27.8 Å². The second-order valence-corrected chi connectivity index (χ2v) is 7.82. The minimum absolute atomic E-state index is 0.0825. The molecule has 5 rings (SSSR count). The lowest BCUT2D eigenvalue weighted by Crippen LogP contribution is -2.06. The summed E-state index contributed by atoms with van der Waals surface area (Å²) < 4.78 is 16.7. The van der Waals surface area contributed by atoms with E-state index in [2.05, 4.69) is 0 Å². The molecule has 5 aromatic rings. The van der Waals surface area contributed by atoms with Crippen LogP contribution in [-0.4, -0.2) is 5.97 Å². The van der Waals surface area contributed by atoms with Gasteiger partial charge in [0.05, 0.1) is 5.39 Å². The van der Waals surface area contributed by atoms with Crippen molar-refractivity contribution < 1.29 is 18.7 Å². The Morgan fingerprint density at radius 3 is 2.47 bits per heavy atom. The molecule has 5 nitrogen and oxygen atoms in total. The summed E-state index contributed by atoms with van der Waals surface area (Å²) in [6, 6.07) is 25.8. The van der Waals surface area contributed by atoms with Crippen LogP contribution < -0.4 is 14.9 Å². The van der Waals surface area contributed by atoms with Crippen LogP contribution in [0.1, 0.15) is 11.1 Å². The zero-order chi connectivity index (χ0) is 23.5. The average molecular weight is 448 g/mol. The summed E-state index contributed by atoms with van der Waals surface area (Å²) in [6.07, 6.45) is 4.36. The van der Waals surface area contributed by atoms with Gasteiger partial charge in [-0.05, 0) is 53.6 Å². The molecule has 1 aromatic heterocycles. The lowest BCUT2D eigenvalue weighted by atomic mass is 10.0. The van der Waals surface area contributed by atoms with E-state index in [0.717, 1.165) is 21.9 Å². The van der Waals surface area contributed by atoms with Gasteiger partial charge in [0.1, 0.15) is 23.3 Å². The standard InChI is InChI=1S/C29H20O5/c1-19-9-12-22(13-10-19)33-27-18-32-26-17-23(14-15-25(26)29(27)31)34-28(30)16-11-21-7-4-6-20-5-2-3-8-24(20)21/h2-18H,1H3. The highest BCUT2D eigenvalue weighted by Gasteiger charge is 2.11. The molecule has 5 heteroatoms. The smallest absolute Gasteiger partial charge is 0.336 e. The Morgan fingerprint density at radius 2 is 1.62 bits per heavy atom. The van der Waals surface area contributed by atoms with Crippen molar-refractivity contribution in [2.75, 3.05) is 0 Å². The van der Waals surface area contributed by atoms with Gasteiger partial charge in [-0.2, -0.15) is 0 Å². The van der Waals surface area contributed by atoms with Crippen LogP contribution in [-0.2, 0) is 4.79 Å². The molecule has 0 atom stereocenters. The van der Waals surface area contributed by atoms with E-state index in [-0.39, 0.29) is 16.9 Å². The summed E-state index contributed by atoms with van der Waals surface area (Å²) in [5, 5.41) is 2.47. The first-order valence-electron chi connectivity index (χ1n) is 10.7. The van der Waals surface area contributed by atoms with Gasteiger partial charge in [-0.1, -0.05) is 60.2 Å². The molecular formula is C29H20O5. The van der Waals surface area contributed by atoms with E-state index in [0.29, 0.717) is 16.7 Å². The second kappa shape index (κ2) is 9.08. The minimum atomic E-state index is -0.533. The van der Waals surface area contributed by atoms with Gasteiger partial charge < -0.3 is 13.9 Å². The Bertz CT molecular complexity index is 1590. The van der Waals surface area contributed by atoms with E-state index in [1.807, 2.05) is 61.5 Å². The zero-order valence-electron chi connectivity index (χ0n) is 18.4. The predicted octanol–water partition coefficient (Wildman–Crippen LogP) is 6.67. The molecule has 0 spiro atoms. The molecule has 34 heavy (non-hydrogen) atoms. The highest BCUT2D eigenvalue weighted by Crippen LogP contribution is 2.25. The SMILES string of the molecule is Cc1ccc(Oc2coc3cc(OC(=O)C=Cc4cccc5ccccc45)ccc3c2=O)cc1. The molecule has 0 saturated carbocycles. The number of benzene rings is 4. The maximum Gasteiger partial charge on any atom is 0.336 e. The van der Waals surface area contributed by atoms with Gasteiger partial charge >= 0.3 is 5.97 Å². The molecule has 166 valence electrons. The van der Waals surface area contributed by atoms with Crippen LogP contribution in [0.4, 0.5) is 0 Å². The van der Waals surface area contributed by atoms with Crippen molar-refractivity contribution in [1.82, 2.24) is 0 Å². The van der Waals surface area contributed by atoms with Crippen LogP contribution in [0.5, 0.6) is 17.2 Å². The summed E-state index contributed by atoms with van der Waals surface area (Å²) in [6.45, 7) is 1.97. The predicted molar refractivity (Wildman–Crippen MR) is 132 cm³/mol. The maximum absolute atomic E-state index is 12.8. The summed E-state index contributed by atoms with van der Waals surface area (Å²) in [7, 11) is 0. The fraction of sp³-hybridized carbons (Fsp3) is 0.0345. The monoisotopic (exact) mass is 448 g/mol. The quantitative estimate of drug-likeness (QED) is 0.171.